The van der Waals surface area contributed by atoms with Crippen LogP contribution in [-0.4, -0.2) is 36.8 Å². The van der Waals surface area contributed by atoms with Crippen LogP contribution in [0.1, 0.15) is 19.8 Å². The molecule has 0 aliphatic carbocycles. The lowest BCUT2D eigenvalue weighted by atomic mass is 10.2. The van der Waals surface area contributed by atoms with E-state index in [0.717, 1.165) is 6.26 Å². The zero-order valence-electron chi connectivity index (χ0n) is 10.3. The van der Waals surface area contributed by atoms with E-state index in [2.05, 4.69) is 10.3 Å². The number of rotatable bonds is 5. The highest BCUT2D eigenvalue weighted by atomic mass is 32.2. The molecule has 0 bridgehead atoms. The Labute approximate surface area is 106 Å². The molecule has 6 nitrogen and oxygen atoms in total. The molecule has 0 fully saturated rings. The highest BCUT2D eigenvalue weighted by molar-refractivity contribution is 7.90. The van der Waals surface area contributed by atoms with Gasteiger partial charge in [0.1, 0.15) is 0 Å². The second-order valence-corrected chi connectivity index (χ2v) is 6.06. The Hall–Kier alpha value is -1.47. The summed E-state index contributed by atoms with van der Waals surface area (Å²) in [6.07, 6.45) is 2.40. The Morgan fingerprint density at radius 2 is 2.17 bits per heavy atom. The van der Waals surface area contributed by atoms with Crippen molar-refractivity contribution in [3.63, 3.8) is 0 Å². The summed E-state index contributed by atoms with van der Waals surface area (Å²) in [5.74, 6) is -0.246. The number of nitrogens with zero attached hydrogens (tertiary/aromatic N) is 1. The molecule has 1 heterocycles. The van der Waals surface area contributed by atoms with Crippen molar-refractivity contribution >= 4 is 21.4 Å². The molecule has 100 valence electrons. The van der Waals surface area contributed by atoms with Gasteiger partial charge in [-0.2, -0.15) is 0 Å². The predicted molar refractivity (Wildman–Crippen MR) is 66.9 cm³/mol. The first-order valence-electron chi connectivity index (χ1n) is 5.43. The van der Waals surface area contributed by atoms with Crippen molar-refractivity contribution in [1.29, 1.82) is 0 Å². The summed E-state index contributed by atoms with van der Waals surface area (Å²) < 4.78 is 22.3. The van der Waals surface area contributed by atoms with Crippen LogP contribution in [0.2, 0.25) is 0 Å². The van der Waals surface area contributed by atoms with Gasteiger partial charge in [-0.05, 0) is 25.5 Å². The van der Waals surface area contributed by atoms with E-state index >= 15 is 0 Å². The fourth-order valence-electron chi connectivity index (χ4n) is 1.24. The standard InChI is InChI=1S/C11H16N2O4S/c1-8(14)3-5-10(15)13-9-4-6-11(12-7-9)18(2,16)17/h4,6-8,14H,3,5H2,1-2H3,(H,13,15). The molecule has 0 aliphatic heterocycles. The molecule has 2 N–H and O–H groups in total. The summed E-state index contributed by atoms with van der Waals surface area (Å²) in [5.41, 5.74) is 0.429. The summed E-state index contributed by atoms with van der Waals surface area (Å²) in [6, 6.07) is 2.81. The third-order valence-electron chi connectivity index (χ3n) is 2.19. The van der Waals surface area contributed by atoms with Crippen LogP contribution in [0.4, 0.5) is 5.69 Å². The zero-order chi connectivity index (χ0) is 13.8. The number of nitrogens with one attached hydrogen (secondary N) is 1. The molecule has 1 aromatic heterocycles. The molecule has 1 aromatic rings. The Kier molecular flexibility index (Phi) is 4.80. The molecule has 0 aromatic carbocycles. The van der Waals surface area contributed by atoms with Crippen molar-refractivity contribution < 1.29 is 18.3 Å². The number of carbonyl (C=O) groups is 1. The van der Waals surface area contributed by atoms with E-state index in [1.807, 2.05) is 0 Å². The highest BCUT2D eigenvalue weighted by Gasteiger charge is 2.09. The average Bonchev–Trinajstić information content (AvgIpc) is 2.26. The second kappa shape index (κ2) is 5.92. The minimum atomic E-state index is -3.33. The molecule has 0 saturated carbocycles. The Bertz CT molecular complexity index is 508. The van der Waals surface area contributed by atoms with Crippen LogP contribution in [0, 0.1) is 0 Å². The first-order chi connectivity index (χ1) is 8.29. The van der Waals surface area contributed by atoms with Gasteiger partial charge in [0.15, 0.2) is 14.9 Å². The van der Waals surface area contributed by atoms with Gasteiger partial charge in [-0.3, -0.25) is 4.79 Å². The largest absolute Gasteiger partial charge is 0.393 e. The van der Waals surface area contributed by atoms with Gasteiger partial charge in [0.05, 0.1) is 18.0 Å². The van der Waals surface area contributed by atoms with Crippen molar-refractivity contribution in [2.75, 3.05) is 11.6 Å². The quantitative estimate of drug-likeness (QED) is 0.817. The maximum Gasteiger partial charge on any atom is 0.224 e. The SMILES string of the molecule is CC(O)CCC(=O)Nc1ccc(S(C)(=O)=O)nc1. The van der Waals surface area contributed by atoms with Gasteiger partial charge in [-0.1, -0.05) is 0 Å². The number of aliphatic hydroxyl groups is 1. The fourth-order valence-corrected chi connectivity index (χ4v) is 1.80. The average molecular weight is 272 g/mol. The Morgan fingerprint density at radius 3 is 2.61 bits per heavy atom. The fraction of sp³-hybridized carbons (Fsp3) is 0.455. The van der Waals surface area contributed by atoms with Gasteiger partial charge in [-0.25, -0.2) is 13.4 Å². The predicted octanol–water partition coefficient (Wildman–Crippen LogP) is 0.585. The Morgan fingerprint density at radius 1 is 1.50 bits per heavy atom. The van der Waals surface area contributed by atoms with Gasteiger partial charge >= 0.3 is 0 Å². The summed E-state index contributed by atoms with van der Waals surface area (Å²) in [5, 5.41) is 11.6. The molecule has 0 aliphatic rings. The molecule has 18 heavy (non-hydrogen) atoms. The number of carbonyl (C=O) groups excluding carboxylic acids is 1. The molecule has 1 unspecified atom stereocenters. The van der Waals surface area contributed by atoms with Gasteiger partial charge in [-0.15, -0.1) is 0 Å². The van der Waals surface area contributed by atoms with Crippen molar-refractivity contribution in [3.05, 3.63) is 18.3 Å². The van der Waals surface area contributed by atoms with E-state index in [1.54, 1.807) is 6.92 Å². The minimum absolute atomic E-state index is 0.0375. The van der Waals surface area contributed by atoms with Crippen LogP contribution in [0.5, 0.6) is 0 Å². The monoisotopic (exact) mass is 272 g/mol. The van der Waals surface area contributed by atoms with Crippen LogP contribution >= 0.6 is 0 Å². The van der Waals surface area contributed by atoms with Crippen molar-refractivity contribution in [2.45, 2.75) is 30.9 Å². The van der Waals surface area contributed by atoms with Gasteiger partial charge in [0, 0.05) is 12.7 Å². The molecule has 0 radical (unpaired) electrons. The minimum Gasteiger partial charge on any atom is -0.393 e. The molecule has 1 amide bonds. The highest BCUT2D eigenvalue weighted by Crippen LogP contribution is 2.11. The Balaban J connectivity index is 2.62. The first-order valence-corrected chi connectivity index (χ1v) is 7.32. The smallest absolute Gasteiger partial charge is 0.224 e. The zero-order valence-corrected chi connectivity index (χ0v) is 11.1. The second-order valence-electron chi connectivity index (χ2n) is 4.09. The summed E-state index contributed by atoms with van der Waals surface area (Å²) >= 11 is 0. The third-order valence-corrected chi connectivity index (χ3v) is 3.19. The number of anilines is 1. The van der Waals surface area contributed by atoms with Crippen LogP contribution in [0.25, 0.3) is 0 Å². The summed E-state index contributed by atoms with van der Waals surface area (Å²) in [6.45, 7) is 1.61. The molecule has 0 saturated heterocycles. The lowest BCUT2D eigenvalue weighted by molar-refractivity contribution is -0.116. The number of pyridine rings is 1. The van der Waals surface area contributed by atoms with E-state index < -0.39 is 15.9 Å². The van der Waals surface area contributed by atoms with E-state index in [1.165, 1.54) is 18.3 Å². The molecule has 7 heteroatoms. The normalized spacial score (nSPS) is 13.1. The molecule has 0 spiro atoms. The van der Waals surface area contributed by atoms with E-state index in [9.17, 15) is 13.2 Å². The number of amides is 1. The lowest BCUT2D eigenvalue weighted by Gasteiger charge is -2.06. The number of aliphatic hydroxyl groups excluding tert-OH is 1. The van der Waals surface area contributed by atoms with Crippen LogP contribution in [-0.2, 0) is 14.6 Å². The van der Waals surface area contributed by atoms with Crippen LogP contribution < -0.4 is 5.32 Å². The van der Waals surface area contributed by atoms with Crippen molar-refractivity contribution in [3.8, 4) is 0 Å². The molecular formula is C11H16N2O4S. The number of sulfone groups is 1. The third kappa shape index (κ3) is 4.80. The van der Waals surface area contributed by atoms with Crippen LogP contribution in [0.3, 0.4) is 0 Å². The summed E-state index contributed by atoms with van der Waals surface area (Å²) in [7, 11) is -3.33. The van der Waals surface area contributed by atoms with Crippen molar-refractivity contribution in [1.82, 2.24) is 4.98 Å². The van der Waals surface area contributed by atoms with E-state index in [-0.39, 0.29) is 17.4 Å². The number of hydrogen-bond donors (Lipinski definition) is 2. The first kappa shape index (κ1) is 14.6. The van der Waals surface area contributed by atoms with Gasteiger partial charge in [0.2, 0.25) is 5.91 Å². The maximum absolute atomic E-state index is 11.4. The van der Waals surface area contributed by atoms with E-state index in [0.29, 0.717) is 12.1 Å². The number of hydrogen-bond acceptors (Lipinski definition) is 5. The number of aromatic nitrogens is 1. The van der Waals surface area contributed by atoms with Gasteiger partial charge < -0.3 is 10.4 Å². The van der Waals surface area contributed by atoms with Gasteiger partial charge in [0.25, 0.3) is 0 Å². The maximum atomic E-state index is 11.4. The topological polar surface area (TPSA) is 96.4 Å². The molecule has 1 rings (SSSR count). The molecule has 1 atom stereocenters. The van der Waals surface area contributed by atoms with Crippen molar-refractivity contribution in [2.24, 2.45) is 0 Å². The molecular weight excluding hydrogens is 256 g/mol. The lowest BCUT2D eigenvalue weighted by Crippen LogP contribution is -2.14. The van der Waals surface area contributed by atoms with E-state index in [4.69, 9.17) is 5.11 Å². The van der Waals surface area contributed by atoms with Crippen LogP contribution in [0.15, 0.2) is 23.4 Å². The summed E-state index contributed by atoms with van der Waals surface area (Å²) in [4.78, 5) is 15.2.